The highest BCUT2D eigenvalue weighted by molar-refractivity contribution is 5.75. The molecule has 1 fully saturated rings. The smallest absolute Gasteiger partial charge is 0.242 e. The van der Waals surface area contributed by atoms with Crippen molar-refractivity contribution in [3.8, 4) is 0 Å². The number of carbonyl (C=O) groups excluding carboxylic acids is 1. The number of hydrogen-bond acceptors (Lipinski definition) is 5. The fraction of sp³-hybridized carbons (Fsp3) is 0.438. The van der Waals surface area contributed by atoms with E-state index in [1.165, 1.54) is 0 Å². The van der Waals surface area contributed by atoms with Crippen molar-refractivity contribution in [1.82, 2.24) is 25.4 Å². The lowest BCUT2D eigenvalue weighted by Gasteiger charge is -2.23. The number of nitrogen functional groups attached to an aromatic ring is 1. The number of amides is 1. The zero-order chi connectivity index (χ0) is 16.1. The van der Waals surface area contributed by atoms with Gasteiger partial charge in [0.05, 0.1) is 0 Å². The molecule has 122 valence electrons. The third-order valence-corrected chi connectivity index (χ3v) is 4.16. The van der Waals surface area contributed by atoms with E-state index in [4.69, 9.17) is 5.73 Å². The molecule has 1 unspecified atom stereocenters. The molecule has 3 heterocycles. The topological polar surface area (TPSA) is 97.9 Å². The summed E-state index contributed by atoms with van der Waals surface area (Å²) in [5, 5.41) is 10.6. The molecular formula is C16H22N6O. The van der Waals surface area contributed by atoms with Crippen molar-refractivity contribution in [2.45, 2.75) is 31.8 Å². The van der Waals surface area contributed by atoms with Crippen molar-refractivity contribution >= 4 is 11.7 Å². The summed E-state index contributed by atoms with van der Waals surface area (Å²) in [6.07, 6.45) is 5.68. The Morgan fingerprint density at radius 2 is 2.35 bits per heavy atom. The van der Waals surface area contributed by atoms with Gasteiger partial charge in [0.25, 0.3) is 0 Å². The van der Waals surface area contributed by atoms with Gasteiger partial charge in [0.15, 0.2) is 0 Å². The van der Waals surface area contributed by atoms with E-state index in [9.17, 15) is 4.79 Å². The monoisotopic (exact) mass is 314 g/mol. The van der Waals surface area contributed by atoms with Crippen LogP contribution in [0.5, 0.6) is 0 Å². The van der Waals surface area contributed by atoms with Crippen LogP contribution in [0.15, 0.2) is 30.6 Å². The molecule has 0 radical (unpaired) electrons. The lowest BCUT2D eigenvalue weighted by molar-refractivity contribution is -0.122. The summed E-state index contributed by atoms with van der Waals surface area (Å²) < 4.78 is 1.79. The largest absolute Gasteiger partial charge is 0.383 e. The van der Waals surface area contributed by atoms with Gasteiger partial charge in [0.2, 0.25) is 5.91 Å². The minimum Gasteiger partial charge on any atom is -0.383 e. The number of piperidine rings is 1. The average molecular weight is 314 g/mol. The number of nitrogens with one attached hydrogen (secondary N) is 2. The van der Waals surface area contributed by atoms with E-state index in [0.29, 0.717) is 18.3 Å². The van der Waals surface area contributed by atoms with Crippen LogP contribution in [0.4, 0.5) is 5.82 Å². The minimum absolute atomic E-state index is 0.0815. The van der Waals surface area contributed by atoms with Gasteiger partial charge in [-0.05, 0) is 31.5 Å². The van der Waals surface area contributed by atoms with Crippen molar-refractivity contribution in [3.63, 3.8) is 0 Å². The van der Waals surface area contributed by atoms with Gasteiger partial charge in [-0.2, -0.15) is 5.10 Å². The van der Waals surface area contributed by atoms with Gasteiger partial charge in [0.1, 0.15) is 12.4 Å². The molecule has 0 bridgehead atoms. The Hall–Kier alpha value is -2.41. The molecule has 1 atom stereocenters. The molecule has 4 N–H and O–H groups in total. The Morgan fingerprint density at radius 3 is 3.13 bits per heavy atom. The highest BCUT2D eigenvalue weighted by Crippen LogP contribution is 2.22. The number of aromatic nitrogens is 3. The SMILES string of the molecule is Nc1ncccc1CNC(=O)Cn1nccc1C1CCCNC1. The standard InChI is InChI=1S/C16H22N6O/c17-16-13(4-2-7-19-16)10-20-15(23)11-22-14(5-8-21-22)12-3-1-6-18-9-12/h2,4-5,7-8,12,18H,1,3,6,9-11H2,(H2,17,19)(H,20,23). The van der Waals surface area contributed by atoms with E-state index in [1.807, 2.05) is 12.1 Å². The number of carbonyl (C=O) groups is 1. The maximum absolute atomic E-state index is 12.2. The van der Waals surface area contributed by atoms with Gasteiger partial charge >= 0.3 is 0 Å². The summed E-state index contributed by atoms with van der Waals surface area (Å²) in [7, 11) is 0. The van der Waals surface area contributed by atoms with Crippen LogP contribution >= 0.6 is 0 Å². The van der Waals surface area contributed by atoms with Crippen molar-refractivity contribution in [1.29, 1.82) is 0 Å². The second kappa shape index (κ2) is 7.23. The fourth-order valence-corrected chi connectivity index (χ4v) is 2.91. The van der Waals surface area contributed by atoms with Crippen LogP contribution in [0, 0.1) is 0 Å². The molecule has 1 aliphatic heterocycles. The second-order valence-electron chi connectivity index (χ2n) is 5.78. The fourth-order valence-electron chi connectivity index (χ4n) is 2.91. The first-order valence-corrected chi connectivity index (χ1v) is 7.92. The molecular weight excluding hydrogens is 292 g/mol. The van der Waals surface area contributed by atoms with Gasteiger partial charge in [-0.15, -0.1) is 0 Å². The molecule has 2 aromatic heterocycles. The number of rotatable bonds is 5. The predicted molar refractivity (Wildman–Crippen MR) is 87.6 cm³/mol. The summed E-state index contributed by atoms with van der Waals surface area (Å²) in [5.41, 5.74) is 7.71. The molecule has 3 rings (SSSR count). The Labute approximate surface area is 135 Å². The van der Waals surface area contributed by atoms with Gasteiger partial charge in [-0.25, -0.2) is 4.98 Å². The van der Waals surface area contributed by atoms with Gasteiger partial charge < -0.3 is 16.4 Å². The first-order valence-electron chi connectivity index (χ1n) is 7.92. The summed E-state index contributed by atoms with van der Waals surface area (Å²) in [4.78, 5) is 16.2. The summed E-state index contributed by atoms with van der Waals surface area (Å²) in [6, 6.07) is 5.67. The highest BCUT2D eigenvalue weighted by Gasteiger charge is 2.19. The molecule has 23 heavy (non-hydrogen) atoms. The third kappa shape index (κ3) is 3.87. The lowest BCUT2D eigenvalue weighted by Crippen LogP contribution is -2.32. The van der Waals surface area contributed by atoms with Crippen LogP contribution in [0.3, 0.4) is 0 Å². The minimum atomic E-state index is -0.0815. The Balaban J connectivity index is 1.58. The molecule has 0 spiro atoms. The second-order valence-corrected chi connectivity index (χ2v) is 5.78. The zero-order valence-corrected chi connectivity index (χ0v) is 13.0. The van der Waals surface area contributed by atoms with E-state index >= 15 is 0 Å². The molecule has 7 heteroatoms. The Bertz CT molecular complexity index is 662. The number of pyridine rings is 1. The quantitative estimate of drug-likeness (QED) is 0.752. The predicted octanol–water partition coefficient (Wildman–Crippen LogP) is 0.644. The van der Waals surface area contributed by atoms with Crippen molar-refractivity contribution < 1.29 is 4.79 Å². The first-order chi connectivity index (χ1) is 11.2. The van der Waals surface area contributed by atoms with Crippen molar-refractivity contribution in [2.75, 3.05) is 18.8 Å². The van der Waals surface area contributed by atoms with Crippen LogP contribution in [0.2, 0.25) is 0 Å². The summed E-state index contributed by atoms with van der Waals surface area (Å²) in [5.74, 6) is 0.788. The lowest BCUT2D eigenvalue weighted by atomic mass is 9.96. The molecule has 7 nitrogen and oxygen atoms in total. The van der Waals surface area contributed by atoms with Crippen molar-refractivity contribution in [2.24, 2.45) is 0 Å². The number of nitrogens with two attached hydrogens (primary N) is 1. The maximum atomic E-state index is 12.2. The molecule has 0 saturated carbocycles. The van der Waals surface area contributed by atoms with Crippen LogP contribution in [0.1, 0.15) is 30.0 Å². The van der Waals surface area contributed by atoms with E-state index in [-0.39, 0.29) is 12.5 Å². The van der Waals surface area contributed by atoms with E-state index < -0.39 is 0 Å². The Kier molecular flexibility index (Phi) is 4.87. The maximum Gasteiger partial charge on any atom is 0.242 e. The Morgan fingerprint density at radius 1 is 1.43 bits per heavy atom. The molecule has 2 aromatic rings. The average Bonchev–Trinajstić information content (AvgIpc) is 3.03. The molecule has 0 aromatic carbocycles. The van der Waals surface area contributed by atoms with Crippen molar-refractivity contribution in [3.05, 3.63) is 41.9 Å². The first kappa shape index (κ1) is 15.5. The van der Waals surface area contributed by atoms with E-state index in [0.717, 1.165) is 37.2 Å². The molecule has 0 aliphatic carbocycles. The number of hydrogen-bond donors (Lipinski definition) is 3. The molecule has 1 amide bonds. The van der Waals surface area contributed by atoms with Gasteiger partial charge in [-0.3, -0.25) is 9.48 Å². The number of anilines is 1. The zero-order valence-electron chi connectivity index (χ0n) is 13.0. The summed E-state index contributed by atoms with van der Waals surface area (Å²) in [6.45, 7) is 2.61. The summed E-state index contributed by atoms with van der Waals surface area (Å²) >= 11 is 0. The van der Waals surface area contributed by atoms with E-state index in [2.05, 4.69) is 20.7 Å². The van der Waals surface area contributed by atoms with E-state index in [1.54, 1.807) is 23.1 Å². The normalized spacial score (nSPS) is 17.8. The van der Waals surface area contributed by atoms with Crippen LogP contribution in [-0.4, -0.2) is 33.8 Å². The molecule has 1 saturated heterocycles. The van der Waals surface area contributed by atoms with Crippen LogP contribution < -0.4 is 16.4 Å². The third-order valence-electron chi connectivity index (χ3n) is 4.16. The van der Waals surface area contributed by atoms with Crippen LogP contribution in [0.25, 0.3) is 0 Å². The number of nitrogens with zero attached hydrogens (tertiary/aromatic N) is 3. The van der Waals surface area contributed by atoms with Crippen LogP contribution in [-0.2, 0) is 17.9 Å². The molecule has 1 aliphatic rings. The highest BCUT2D eigenvalue weighted by atomic mass is 16.2. The van der Waals surface area contributed by atoms with Gasteiger partial charge in [-0.1, -0.05) is 6.07 Å². The van der Waals surface area contributed by atoms with Gasteiger partial charge in [0, 0.05) is 42.7 Å².